The van der Waals surface area contributed by atoms with Crippen LogP contribution >= 0.6 is 0 Å². The summed E-state index contributed by atoms with van der Waals surface area (Å²) in [7, 11) is 0. The van der Waals surface area contributed by atoms with Gasteiger partial charge in [0.15, 0.2) is 0 Å². The highest BCUT2D eigenvalue weighted by molar-refractivity contribution is 5.77. The first kappa shape index (κ1) is 12.5. The predicted molar refractivity (Wildman–Crippen MR) is 67.0 cm³/mol. The Morgan fingerprint density at radius 3 is 2.61 bits per heavy atom. The normalized spacial score (nSPS) is 19.9. The molecular weight excluding hydrogens is 232 g/mol. The zero-order chi connectivity index (χ0) is 13.1. The van der Waals surface area contributed by atoms with Gasteiger partial charge in [-0.2, -0.15) is 0 Å². The van der Waals surface area contributed by atoms with Crippen molar-refractivity contribution in [3.05, 3.63) is 39.9 Å². The molecule has 2 rings (SSSR count). The van der Waals surface area contributed by atoms with Gasteiger partial charge in [0.25, 0.3) is 5.69 Å². The van der Waals surface area contributed by atoms with Crippen molar-refractivity contribution >= 4 is 11.6 Å². The van der Waals surface area contributed by atoms with E-state index in [9.17, 15) is 14.9 Å². The standard InChI is InChI=1S/C13H16N2O3/c1-10-3-2-4-13(16)14(10)9-11-5-7-12(8-6-11)15(17)18/h5-8,10H,2-4,9H2,1H3. The van der Waals surface area contributed by atoms with Crippen molar-refractivity contribution in [1.82, 2.24) is 4.90 Å². The molecule has 0 spiro atoms. The summed E-state index contributed by atoms with van der Waals surface area (Å²) in [6, 6.07) is 6.64. The Kier molecular flexibility index (Phi) is 3.60. The van der Waals surface area contributed by atoms with Gasteiger partial charge >= 0.3 is 0 Å². The monoisotopic (exact) mass is 248 g/mol. The molecule has 5 heteroatoms. The van der Waals surface area contributed by atoms with Crippen molar-refractivity contribution in [3.8, 4) is 0 Å². The predicted octanol–water partition coefficient (Wildman–Crippen LogP) is 2.50. The van der Waals surface area contributed by atoms with Crippen LogP contribution in [0.5, 0.6) is 0 Å². The van der Waals surface area contributed by atoms with E-state index in [4.69, 9.17) is 0 Å². The Hall–Kier alpha value is -1.91. The SMILES string of the molecule is CC1CCCC(=O)N1Cc1ccc([N+](=O)[O-])cc1. The summed E-state index contributed by atoms with van der Waals surface area (Å²) < 4.78 is 0. The largest absolute Gasteiger partial charge is 0.336 e. The zero-order valence-electron chi connectivity index (χ0n) is 10.3. The lowest BCUT2D eigenvalue weighted by molar-refractivity contribution is -0.384. The molecular formula is C13H16N2O3. The minimum absolute atomic E-state index is 0.0803. The molecule has 18 heavy (non-hydrogen) atoms. The average molecular weight is 248 g/mol. The number of nitro benzene ring substituents is 1. The van der Waals surface area contributed by atoms with Gasteiger partial charge in [-0.15, -0.1) is 0 Å². The lowest BCUT2D eigenvalue weighted by Crippen LogP contribution is -2.41. The van der Waals surface area contributed by atoms with Crippen molar-refractivity contribution in [1.29, 1.82) is 0 Å². The summed E-state index contributed by atoms with van der Waals surface area (Å²) in [5.74, 6) is 0.173. The van der Waals surface area contributed by atoms with Gasteiger partial charge in [0.05, 0.1) is 4.92 Å². The summed E-state index contributed by atoms with van der Waals surface area (Å²) in [6.45, 7) is 2.58. The summed E-state index contributed by atoms with van der Waals surface area (Å²) in [4.78, 5) is 23.8. The third-order valence-corrected chi connectivity index (χ3v) is 3.37. The lowest BCUT2D eigenvalue weighted by Gasteiger charge is -2.33. The van der Waals surface area contributed by atoms with Crippen LogP contribution in [-0.2, 0) is 11.3 Å². The second kappa shape index (κ2) is 5.16. The van der Waals surface area contributed by atoms with Gasteiger partial charge in [0, 0.05) is 31.1 Å². The van der Waals surface area contributed by atoms with Crippen LogP contribution in [0.3, 0.4) is 0 Å². The Labute approximate surface area is 106 Å². The van der Waals surface area contributed by atoms with E-state index >= 15 is 0 Å². The second-order valence-corrected chi connectivity index (χ2v) is 4.69. The van der Waals surface area contributed by atoms with Gasteiger partial charge < -0.3 is 4.90 Å². The molecule has 1 aromatic carbocycles. The summed E-state index contributed by atoms with van der Waals surface area (Å²) in [5.41, 5.74) is 1.01. The molecule has 0 aliphatic carbocycles. The average Bonchev–Trinajstić information content (AvgIpc) is 2.34. The third-order valence-electron chi connectivity index (χ3n) is 3.37. The molecule has 1 saturated heterocycles. The Morgan fingerprint density at radius 1 is 1.39 bits per heavy atom. The van der Waals surface area contributed by atoms with Crippen molar-refractivity contribution in [2.75, 3.05) is 0 Å². The summed E-state index contributed by atoms with van der Waals surface area (Å²) in [5, 5.41) is 10.5. The molecule has 96 valence electrons. The smallest absolute Gasteiger partial charge is 0.269 e. The van der Waals surface area contributed by atoms with Gasteiger partial charge in [-0.1, -0.05) is 12.1 Å². The van der Waals surface area contributed by atoms with Crippen LogP contribution in [0, 0.1) is 10.1 Å². The maximum atomic E-state index is 11.8. The summed E-state index contributed by atoms with van der Waals surface area (Å²) in [6.07, 6.45) is 2.59. The van der Waals surface area contributed by atoms with Crippen LogP contribution in [0.25, 0.3) is 0 Å². The molecule has 1 amide bonds. The lowest BCUT2D eigenvalue weighted by atomic mass is 10.0. The number of amides is 1. The van der Waals surface area contributed by atoms with E-state index in [2.05, 4.69) is 0 Å². The number of rotatable bonds is 3. The van der Waals surface area contributed by atoms with E-state index in [1.165, 1.54) is 12.1 Å². The minimum atomic E-state index is -0.418. The third kappa shape index (κ3) is 2.67. The number of nitrogens with zero attached hydrogens (tertiary/aromatic N) is 2. The van der Waals surface area contributed by atoms with E-state index in [1.807, 2.05) is 11.8 Å². The van der Waals surface area contributed by atoms with Gasteiger partial charge in [-0.3, -0.25) is 14.9 Å². The van der Waals surface area contributed by atoms with E-state index < -0.39 is 4.92 Å². The highest BCUT2D eigenvalue weighted by Gasteiger charge is 2.24. The van der Waals surface area contributed by atoms with E-state index in [0.29, 0.717) is 13.0 Å². The maximum Gasteiger partial charge on any atom is 0.269 e. The molecule has 1 atom stereocenters. The summed E-state index contributed by atoms with van der Waals surface area (Å²) >= 11 is 0. The van der Waals surface area contributed by atoms with E-state index in [0.717, 1.165) is 18.4 Å². The molecule has 0 radical (unpaired) electrons. The first-order valence-electron chi connectivity index (χ1n) is 6.10. The van der Waals surface area contributed by atoms with Gasteiger partial charge in [0.2, 0.25) is 5.91 Å². The first-order chi connectivity index (χ1) is 8.58. The molecule has 1 fully saturated rings. The number of piperidine rings is 1. The molecule has 0 saturated carbocycles. The van der Waals surface area contributed by atoms with Crippen LogP contribution in [0.1, 0.15) is 31.7 Å². The Bertz CT molecular complexity index is 456. The van der Waals surface area contributed by atoms with Crippen molar-refractivity contribution in [2.24, 2.45) is 0 Å². The number of non-ortho nitro benzene ring substituents is 1. The molecule has 1 aliphatic heterocycles. The molecule has 5 nitrogen and oxygen atoms in total. The zero-order valence-corrected chi connectivity index (χ0v) is 10.3. The highest BCUT2D eigenvalue weighted by Crippen LogP contribution is 2.21. The van der Waals surface area contributed by atoms with Crippen molar-refractivity contribution < 1.29 is 9.72 Å². The fourth-order valence-corrected chi connectivity index (χ4v) is 2.26. The molecule has 0 N–H and O–H groups in total. The van der Waals surface area contributed by atoms with Crippen LogP contribution in [0.4, 0.5) is 5.69 Å². The Balaban J connectivity index is 2.08. The second-order valence-electron chi connectivity index (χ2n) is 4.69. The van der Waals surface area contributed by atoms with Crippen molar-refractivity contribution in [3.63, 3.8) is 0 Å². The molecule has 1 aliphatic rings. The first-order valence-corrected chi connectivity index (χ1v) is 6.10. The van der Waals surface area contributed by atoms with Gasteiger partial charge in [-0.05, 0) is 25.3 Å². The Morgan fingerprint density at radius 2 is 2.06 bits per heavy atom. The number of hydrogen-bond donors (Lipinski definition) is 0. The van der Waals surface area contributed by atoms with Crippen LogP contribution in [0.15, 0.2) is 24.3 Å². The maximum absolute atomic E-state index is 11.8. The number of benzene rings is 1. The van der Waals surface area contributed by atoms with Gasteiger partial charge in [-0.25, -0.2) is 0 Å². The topological polar surface area (TPSA) is 63.5 Å². The van der Waals surface area contributed by atoms with Crippen molar-refractivity contribution in [2.45, 2.75) is 38.8 Å². The number of nitro groups is 1. The molecule has 0 aromatic heterocycles. The number of carbonyl (C=O) groups excluding carboxylic acids is 1. The van der Waals surface area contributed by atoms with E-state index in [-0.39, 0.29) is 17.6 Å². The minimum Gasteiger partial charge on any atom is -0.336 e. The number of carbonyl (C=O) groups is 1. The fourth-order valence-electron chi connectivity index (χ4n) is 2.26. The molecule has 1 aromatic rings. The molecule has 1 unspecified atom stereocenters. The van der Waals surface area contributed by atoms with Crippen LogP contribution < -0.4 is 0 Å². The van der Waals surface area contributed by atoms with E-state index in [1.54, 1.807) is 12.1 Å². The van der Waals surface area contributed by atoms with Crippen LogP contribution in [0.2, 0.25) is 0 Å². The highest BCUT2D eigenvalue weighted by atomic mass is 16.6. The molecule has 1 heterocycles. The number of likely N-dealkylation sites (tertiary alicyclic amines) is 1. The number of hydrogen-bond acceptors (Lipinski definition) is 3. The fraction of sp³-hybridized carbons (Fsp3) is 0.462. The molecule has 0 bridgehead atoms. The quantitative estimate of drug-likeness (QED) is 0.609. The van der Waals surface area contributed by atoms with Gasteiger partial charge in [0.1, 0.15) is 0 Å². The van der Waals surface area contributed by atoms with Crippen LogP contribution in [-0.4, -0.2) is 21.8 Å².